The number of aromatic hydroxyl groups is 1. The van der Waals surface area contributed by atoms with Crippen molar-refractivity contribution in [1.29, 1.82) is 0 Å². The Labute approximate surface area is 145 Å². The first-order chi connectivity index (χ1) is 12.6. The van der Waals surface area contributed by atoms with E-state index in [0.29, 0.717) is 31.6 Å². The van der Waals surface area contributed by atoms with Crippen LogP contribution in [0.2, 0.25) is 0 Å². The van der Waals surface area contributed by atoms with Crippen molar-refractivity contribution >= 4 is 0 Å². The van der Waals surface area contributed by atoms with E-state index in [1.54, 1.807) is 6.08 Å². The number of aliphatic hydroxyl groups is 2. The standard InChI is InChI=1S/C19H23NO4/c1-2-7-20-9-12-8-11-3-4-13(21)16-15(11)18(10-20)17(24-16)14(22)5-6-19(12,18)23/h2-4,12,14,17,21-23H,1,5-10H2/t12-,14?,17-,18-,19+/m0/s1/i5D2,14D. The fourth-order valence-corrected chi connectivity index (χ4v) is 5.46. The van der Waals surface area contributed by atoms with Gasteiger partial charge in [-0.2, -0.15) is 0 Å². The van der Waals surface area contributed by atoms with E-state index in [9.17, 15) is 15.3 Å². The fraction of sp³-hybridized carbons (Fsp3) is 0.579. The Morgan fingerprint density at radius 2 is 2.38 bits per heavy atom. The minimum absolute atomic E-state index is 0.115. The number of benzene rings is 1. The number of likely N-dealkylation sites (tertiary alicyclic amines) is 1. The number of hydrogen-bond donors (Lipinski definition) is 3. The monoisotopic (exact) mass is 332 g/mol. The van der Waals surface area contributed by atoms with E-state index in [1.807, 2.05) is 6.07 Å². The minimum Gasteiger partial charge on any atom is -0.504 e. The zero-order valence-corrected chi connectivity index (χ0v) is 13.3. The molecule has 2 bridgehead atoms. The van der Waals surface area contributed by atoms with Crippen LogP contribution in [-0.4, -0.2) is 57.6 Å². The summed E-state index contributed by atoms with van der Waals surface area (Å²) in [5.41, 5.74) is -1.10. The third-order valence-corrected chi connectivity index (χ3v) is 6.39. The number of phenols is 1. The quantitative estimate of drug-likeness (QED) is 0.703. The van der Waals surface area contributed by atoms with Crippen LogP contribution in [0.3, 0.4) is 0 Å². The first-order valence-electron chi connectivity index (χ1n) is 9.88. The molecule has 1 unspecified atom stereocenters. The van der Waals surface area contributed by atoms with Gasteiger partial charge >= 0.3 is 0 Å². The van der Waals surface area contributed by atoms with Gasteiger partial charge in [0.2, 0.25) is 0 Å². The molecule has 2 aliphatic heterocycles. The Bertz CT molecular complexity index is 860. The second-order valence-corrected chi connectivity index (χ2v) is 7.46. The topological polar surface area (TPSA) is 73.2 Å². The summed E-state index contributed by atoms with van der Waals surface area (Å²) in [6, 6.07) is 3.34. The molecule has 1 aromatic rings. The third kappa shape index (κ3) is 1.47. The van der Waals surface area contributed by atoms with Crippen molar-refractivity contribution in [3.05, 3.63) is 35.9 Å². The van der Waals surface area contributed by atoms with E-state index in [-0.39, 0.29) is 23.8 Å². The third-order valence-electron chi connectivity index (χ3n) is 6.39. The maximum Gasteiger partial charge on any atom is 0.165 e. The van der Waals surface area contributed by atoms with E-state index in [2.05, 4.69) is 11.5 Å². The Hall–Kier alpha value is -1.56. The largest absolute Gasteiger partial charge is 0.504 e. The molecule has 2 aliphatic carbocycles. The van der Waals surface area contributed by atoms with Gasteiger partial charge in [0.1, 0.15) is 6.10 Å². The van der Waals surface area contributed by atoms with Gasteiger partial charge in [-0.15, -0.1) is 6.58 Å². The summed E-state index contributed by atoms with van der Waals surface area (Å²) in [7, 11) is 0. The first kappa shape index (κ1) is 11.9. The molecule has 2 fully saturated rings. The van der Waals surface area contributed by atoms with Crippen LogP contribution < -0.4 is 4.74 Å². The molecule has 5 rings (SSSR count). The second-order valence-electron chi connectivity index (χ2n) is 7.46. The Balaban J connectivity index is 1.83. The average molecular weight is 332 g/mol. The van der Waals surface area contributed by atoms with Crippen molar-refractivity contribution in [3.63, 3.8) is 0 Å². The van der Waals surface area contributed by atoms with Gasteiger partial charge in [-0.1, -0.05) is 12.1 Å². The second kappa shape index (κ2) is 4.54. The van der Waals surface area contributed by atoms with Crippen LogP contribution in [0.1, 0.15) is 28.0 Å². The summed E-state index contributed by atoms with van der Waals surface area (Å²) < 4.78 is 31.0. The molecule has 1 spiro atoms. The highest BCUT2D eigenvalue weighted by atomic mass is 16.5. The molecule has 0 radical (unpaired) electrons. The summed E-state index contributed by atoms with van der Waals surface area (Å²) >= 11 is 0. The van der Waals surface area contributed by atoms with E-state index in [0.717, 1.165) is 5.56 Å². The molecule has 2 heterocycles. The predicted octanol–water partition coefficient (Wildman–Crippen LogP) is 0.951. The summed E-state index contributed by atoms with van der Waals surface area (Å²) in [4.78, 5) is 2.10. The molecule has 3 N–H and O–H groups in total. The molecule has 0 amide bonds. The summed E-state index contributed by atoms with van der Waals surface area (Å²) in [5.74, 6) is -0.222. The van der Waals surface area contributed by atoms with Crippen molar-refractivity contribution in [2.24, 2.45) is 5.92 Å². The lowest BCUT2D eigenvalue weighted by molar-refractivity contribution is -0.206. The maximum atomic E-state index is 11.9. The lowest BCUT2D eigenvalue weighted by Crippen LogP contribution is -2.76. The predicted molar refractivity (Wildman–Crippen MR) is 88.2 cm³/mol. The van der Waals surface area contributed by atoms with Crippen LogP contribution in [0.5, 0.6) is 11.5 Å². The van der Waals surface area contributed by atoms with Crippen LogP contribution >= 0.6 is 0 Å². The maximum absolute atomic E-state index is 11.9. The molecule has 1 aromatic carbocycles. The van der Waals surface area contributed by atoms with Crippen LogP contribution in [0.25, 0.3) is 0 Å². The molecule has 128 valence electrons. The molecule has 5 nitrogen and oxygen atoms in total. The molecule has 0 aromatic heterocycles. The molecule has 5 atom stereocenters. The van der Waals surface area contributed by atoms with Gasteiger partial charge in [-0.05, 0) is 30.8 Å². The van der Waals surface area contributed by atoms with E-state index < -0.39 is 29.6 Å². The number of hydrogen-bond acceptors (Lipinski definition) is 5. The number of piperidine rings is 1. The fourth-order valence-electron chi connectivity index (χ4n) is 5.46. The van der Waals surface area contributed by atoms with Gasteiger partial charge in [0.15, 0.2) is 11.5 Å². The molecular formula is C19H23NO4. The molecule has 24 heavy (non-hydrogen) atoms. The van der Waals surface area contributed by atoms with Gasteiger partial charge in [0.05, 0.1) is 18.5 Å². The first-order valence-corrected chi connectivity index (χ1v) is 8.38. The highest BCUT2D eigenvalue weighted by Gasteiger charge is 2.72. The molecule has 1 saturated carbocycles. The zero-order chi connectivity index (χ0) is 19.4. The SMILES string of the molecule is [2H]C1([2H])C[C@@]2(O)[C@H]3Cc4ccc(O)c5c4[C@@]2(CN(CC=C)C3)[C@@H](O5)C1([2H])O. The normalized spacial score (nSPS) is 49.3. The lowest BCUT2D eigenvalue weighted by atomic mass is 9.48. The van der Waals surface area contributed by atoms with Crippen molar-refractivity contribution < 1.29 is 24.2 Å². The van der Waals surface area contributed by atoms with E-state index in [4.69, 9.17) is 8.85 Å². The van der Waals surface area contributed by atoms with Crippen molar-refractivity contribution in [1.82, 2.24) is 4.90 Å². The average Bonchev–Trinajstić information content (AvgIpc) is 2.90. The van der Waals surface area contributed by atoms with Crippen LogP contribution in [-0.2, 0) is 11.8 Å². The summed E-state index contributed by atoms with van der Waals surface area (Å²) in [6.45, 7) is 5.24. The Kier molecular flexibility index (Phi) is 2.25. The highest BCUT2D eigenvalue weighted by molar-refractivity contribution is 5.62. The lowest BCUT2D eigenvalue weighted by Gasteiger charge is -2.63. The van der Waals surface area contributed by atoms with Gasteiger partial charge in [-0.3, -0.25) is 4.90 Å². The van der Waals surface area contributed by atoms with E-state index in [1.165, 1.54) is 6.07 Å². The van der Waals surface area contributed by atoms with Gasteiger partial charge in [0, 0.05) is 33.9 Å². The highest BCUT2D eigenvalue weighted by Crippen LogP contribution is 2.64. The van der Waals surface area contributed by atoms with Crippen molar-refractivity contribution in [2.75, 3.05) is 19.6 Å². The van der Waals surface area contributed by atoms with Gasteiger partial charge in [0.25, 0.3) is 0 Å². The number of ether oxygens (including phenoxy) is 1. The number of nitrogens with zero attached hydrogens (tertiary/aromatic N) is 1. The van der Waals surface area contributed by atoms with Gasteiger partial charge in [-0.25, -0.2) is 0 Å². The van der Waals surface area contributed by atoms with Crippen LogP contribution in [0.15, 0.2) is 24.8 Å². The molecular weight excluding hydrogens is 306 g/mol. The van der Waals surface area contributed by atoms with E-state index >= 15 is 0 Å². The molecule has 1 saturated heterocycles. The van der Waals surface area contributed by atoms with Crippen LogP contribution in [0.4, 0.5) is 0 Å². The van der Waals surface area contributed by atoms with Crippen molar-refractivity contribution in [3.8, 4) is 11.5 Å². The molecule has 4 aliphatic rings. The zero-order valence-electron chi connectivity index (χ0n) is 16.3. The Morgan fingerprint density at radius 1 is 1.54 bits per heavy atom. The number of rotatable bonds is 2. The smallest absolute Gasteiger partial charge is 0.165 e. The van der Waals surface area contributed by atoms with Gasteiger partial charge < -0.3 is 20.1 Å². The summed E-state index contributed by atoms with van der Waals surface area (Å²) in [6.07, 6.45) is -4.30. The minimum atomic E-state index is -2.57. The molecule has 5 heteroatoms. The number of phenolic OH excluding ortho intramolecular Hbond substituents is 1. The van der Waals surface area contributed by atoms with Crippen molar-refractivity contribution in [2.45, 2.75) is 42.4 Å². The Morgan fingerprint density at radius 3 is 3.17 bits per heavy atom. The summed E-state index contributed by atoms with van der Waals surface area (Å²) in [5, 5.41) is 33.2. The van der Waals surface area contributed by atoms with Crippen LogP contribution in [0, 0.1) is 5.92 Å².